The van der Waals surface area contributed by atoms with Crippen LogP contribution in [0.1, 0.15) is 32.6 Å². The lowest BCUT2D eigenvalue weighted by Crippen LogP contribution is -2.40. The Morgan fingerprint density at radius 3 is 3.00 bits per heavy atom. The van der Waals surface area contributed by atoms with Gasteiger partial charge in [0.2, 0.25) is 5.91 Å². The maximum absolute atomic E-state index is 11.6. The third kappa shape index (κ3) is 2.99. The van der Waals surface area contributed by atoms with Crippen LogP contribution in [0.25, 0.3) is 0 Å². The number of amides is 1. The van der Waals surface area contributed by atoms with Crippen LogP contribution in [0.5, 0.6) is 0 Å². The first-order valence-corrected chi connectivity index (χ1v) is 5.24. The summed E-state index contributed by atoms with van der Waals surface area (Å²) < 4.78 is 0. The molecule has 0 aliphatic carbocycles. The Balaban J connectivity index is 2.27. The molecule has 1 unspecified atom stereocenters. The minimum Gasteiger partial charge on any atom is -0.342 e. The van der Waals surface area contributed by atoms with Crippen LogP contribution in [0.4, 0.5) is 0 Å². The number of piperidine rings is 1. The SMILES string of the molecule is CC1CCCN(CCCCN)C1=O. The van der Waals surface area contributed by atoms with E-state index in [-0.39, 0.29) is 5.92 Å². The normalized spacial score (nSPS) is 23.7. The lowest BCUT2D eigenvalue weighted by molar-refractivity contribution is -0.137. The van der Waals surface area contributed by atoms with E-state index in [9.17, 15) is 4.79 Å². The van der Waals surface area contributed by atoms with E-state index in [1.54, 1.807) is 0 Å². The van der Waals surface area contributed by atoms with Crippen LogP contribution in [0.3, 0.4) is 0 Å². The monoisotopic (exact) mass is 184 g/mol. The first-order valence-electron chi connectivity index (χ1n) is 5.24. The zero-order valence-corrected chi connectivity index (χ0v) is 8.46. The van der Waals surface area contributed by atoms with Crippen LogP contribution < -0.4 is 5.73 Å². The Hall–Kier alpha value is -0.570. The lowest BCUT2D eigenvalue weighted by Gasteiger charge is -2.30. The molecule has 0 bridgehead atoms. The van der Waals surface area contributed by atoms with Crippen LogP contribution in [0.2, 0.25) is 0 Å². The van der Waals surface area contributed by atoms with E-state index in [1.807, 2.05) is 11.8 Å². The molecule has 1 aliphatic rings. The molecule has 1 amide bonds. The molecule has 0 aromatic rings. The van der Waals surface area contributed by atoms with E-state index in [0.717, 1.165) is 45.3 Å². The van der Waals surface area contributed by atoms with Crippen molar-refractivity contribution in [2.75, 3.05) is 19.6 Å². The molecule has 0 aromatic carbocycles. The van der Waals surface area contributed by atoms with Gasteiger partial charge in [-0.2, -0.15) is 0 Å². The maximum atomic E-state index is 11.6. The number of hydrogen-bond acceptors (Lipinski definition) is 2. The second kappa shape index (κ2) is 5.22. The summed E-state index contributed by atoms with van der Waals surface area (Å²) in [6.07, 6.45) is 4.30. The largest absolute Gasteiger partial charge is 0.342 e. The molecule has 3 heteroatoms. The number of hydrogen-bond donors (Lipinski definition) is 1. The van der Waals surface area contributed by atoms with Crippen molar-refractivity contribution in [2.24, 2.45) is 11.7 Å². The molecular weight excluding hydrogens is 164 g/mol. The van der Waals surface area contributed by atoms with Crippen molar-refractivity contribution in [3.63, 3.8) is 0 Å². The van der Waals surface area contributed by atoms with Gasteiger partial charge in [0.25, 0.3) is 0 Å². The number of carbonyl (C=O) groups excluding carboxylic acids is 1. The van der Waals surface area contributed by atoms with Crippen LogP contribution in [-0.4, -0.2) is 30.4 Å². The average molecular weight is 184 g/mol. The fourth-order valence-electron chi connectivity index (χ4n) is 1.80. The molecule has 0 saturated carbocycles. The number of unbranched alkanes of at least 4 members (excludes halogenated alkanes) is 1. The quantitative estimate of drug-likeness (QED) is 0.662. The molecule has 76 valence electrons. The standard InChI is InChI=1S/C10H20N2O/c1-9-5-4-8-12(10(9)13)7-3-2-6-11/h9H,2-8,11H2,1H3. The molecule has 0 spiro atoms. The third-order valence-electron chi connectivity index (χ3n) is 2.68. The van der Waals surface area contributed by atoms with Gasteiger partial charge < -0.3 is 10.6 Å². The van der Waals surface area contributed by atoms with Gasteiger partial charge in [-0.15, -0.1) is 0 Å². The molecule has 1 heterocycles. The van der Waals surface area contributed by atoms with Gasteiger partial charge >= 0.3 is 0 Å². The molecule has 1 fully saturated rings. The van der Waals surface area contributed by atoms with E-state index >= 15 is 0 Å². The van der Waals surface area contributed by atoms with Crippen LogP contribution in [0.15, 0.2) is 0 Å². The highest BCUT2D eigenvalue weighted by molar-refractivity contribution is 5.79. The first kappa shape index (κ1) is 10.5. The van der Waals surface area contributed by atoms with Crippen molar-refractivity contribution >= 4 is 5.91 Å². The van der Waals surface area contributed by atoms with E-state index in [4.69, 9.17) is 5.73 Å². The number of carbonyl (C=O) groups is 1. The van der Waals surface area contributed by atoms with Crippen LogP contribution >= 0.6 is 0 Å². The predicted molar refractivity (Wildman–Crippen MR) is 53.3 cm³/mol. The summed E-state index contributed by atoms with van der Waals surface area (Å²) in [5, 5.41) is 0. The topological polar surface area (TPSA) is 46.3 Å². The summed E-state index contributed by atoms with van der Waals surface area (Å²) >= 11 is 0. The van der Waals surface area contributed by atoms with Crippen molar-refractivity contribution in [1.29, 1.82) is 0 Å². The molecule has 0 aromatic heterocycles. The number of nitrogens with two attached hydrogens (primary N) is 1. The Morgan fingerprint density at radius 2 is 2.31 bits per heavy atom. The zero-order chi connectivity index (χ0) is 9.68. The Labute approximate surface area is 80.3 Å². The Kier molecular flexibility index (Phi) is 4.22. The predicted octanol–water partition coefficient (Wildman–Crippen LogP) is 0.984. The summed E-state index contributed by atoms with van der Waals surface area (Å²) in [6.45, 7) is 4.61. The van der Waals surface area contributed by atoms with Gasteiger partial charge in [-0.1, -0.05) is 6.92 Å². The van der Waals surface area contributed by atoms with Gasteiger partial charge in [0, 0.05) is 19.0 Å². The Bertz CT molecular complexity index is 170. The van der Waals surface area contributed by atoms with E-state index < -0.39 is 0 Å². The van der Waals surface area contributed by atoms with E-state index in [2.05, 4.69) is 0 Å². The molecular formula is C10H20N2O. The van der Waals surface area contributed by atoms with Crippen molar-refractivity contribution < 1.29 is 4.79 Å². The van der Waals surface area contributed by atoms with E-state index in [0.29, 0.717) is 5.91 Å². The van der Waals surface area contributed by atoms with Gasteiger partial charge in [-0.25, -0.2) is 0 Å². The minimum atomic E-state index is 0.242. The molecule has 1 rings (SSSR count). The fourth-order valence-corrected chi connectivity index (χ4v) is 1.80. The highest BCUT2D eigenvalue weighted by atomic mass is 16.2. The zero-order valence-electron chi connectivity index (χ0n) is 8.46. The summed E-state index contributed by atoms with van der Waals surface area (Å²) in [5.74, 6) is 0.579. The lowest BCUT2D eigenvalue weighted by atomic mass is 9.99. The second-order valence-corrected chi connectivity index (χ2v) is 3.86. The summed E-state index contributed by atoms with van der Waals surface area (Å²) in [7, 11) is 0. The minimum absolute atomic E-state index is 0.242. The number of likely N-dealkylation sites (tertiary alicyclic amines) is 1. The average Bonchev–Trinajstić information content (AvgIpc) is 2.13. The molecule has 3 nitrogen and oxygen atoms in total. The fraction of sp³-hybridized carbons (Fsp3) is 0.900. The number of nitrogens with zero attached hydrogens (tertiary/aromatic N) is 1. The smallest absolute Gasteiger partial charge is 0.225 e. The second-order valence-electron chi connectivity index (χ2n) is 3.86. The van der Waals surface area contributed by atoms with Crippen molar-refractivity contribution in [2.45, 2.75) is 32.6 Å². The molecule has 0 radical (unpaired) electrons. The highest BCUT2D eigenvalue weighted by Crippen LogP contribution is 2.17. The first-order chi connectivity index (χ1) is 6.25. The molecule has 1 atom stereocenters. The molecule has 2 N–H and O–H groups in total. The van der Waals surface area contributed by atoms with Gasteiger partial charge in [0.05, 0.1) is 0 Å². The highest BCUT2D eigenvalue weighted by Gasteiger charge is 2.23. The number of rotatable bonds is 4. The Morgan fingerprint density at radius 1 is 1.54 bits per heavy atom. The summed E-state index contributed by atoms with van der Waals surface area (Å²) in [6, 6.07) is 0. The molecule has 1 saturated heterocycles. The summed E-state index contributed by atoms with van der Waals surface area (Å²) in [5.41, 5.74) is 5.40. The third-order valence-corrected chi connectivity index (χ3v) is 2.68. The van der Waals surface area contributed by atoms with Crippen molar-refractivity contribution in [3.8, 4) is 0 Å². The van der Waals surface area contributed by atoms with E-state index in [1.165, 1.54) is 0 Å². The van der Waals surface area contributed by atoms with Gasteiger partial charge in [-0.05, 0) is 32.2 Å². The van der Waals surface area contributed by atoms with Gasteiger partial charge in [0.15, 0.2) is 0 Å². The maximum Gasteiger partial charge on any atom is 0.225 e. The summed E-state index contributed by atoms with van der Waals surface area (Å²) in [4.78, 5) is 13.6. The van der Waals surface area contributed by atoms with Crippen molar-refractivity contribution in [3.05, 3.63) is 0 Å². The van der Waals surface area contributed by atoms with Crippen LogP contribution in [-0.2, 0) is 4.79 Å². The van der Waals surface area contributed by atoms with Gasteiger partial charge in [0.1, 0.15) is 0 Å². The molecule has 1 aliphatic heterocycles. The van der Waals surface area contributed by atoms with Crippen LogP contribution in [0, 0.1) is 5.92 Å². The molecule has 13 heavy (non-hydrogen) atoms. The van der Waals surface area contributed by atoms with Crippen molar-refractivity contribution in [1.82, 2.24) is 4.90 Å². The van der Waals surface area contributed by atoms with Gasteiger partial charge in [-0.3, -0.25) is 4.79 Å².